The van der Waals surface area contributed by atoms with Crippen molar-refractivity contribution in [1.29, 1.82) is 0 Å². The number of nitrogens with zero attached hydrogens (tertiary/aromatic N) is 2. The van der Waals surface area contributed by atoms with Crippen LogP contribution in [0.4, 0.5) is 0 Å². The fraction of sp³-hybridized carbons (Fsp3) is 0.278. The SMILES string of the molecule is CC(=O)N1Cc2ccccc2C[C@H]1C(=O)NCc1ccccn1. The highest BCUT2D eigenvalue weighted by molar-refractivity contribution is 5.87. The van der Waals surface area contributed by atoms with Gasteiger partial charge in [0.05, 0.1) is 12.2 Å². The number of pyridine rings is 1. The summed E-state index contributed by atoms with van der Waals surface area (Å²) in [6, 6.07) is 13.1. The summed E-state index contributed by atoms with van der Waals surface area (Å²) < 4.78 is 0. The van der Waals surface area contributed by atoms with Crippen molar-refractivity contribution in [3.63, 3.8) is 0 Å². The van der Waals surface area contributed by atoms with Gasteiger partial charge in [-0.1, -0.05) is 30.3 Å². The van der Waals surface area contributed by atoms with Crippen LogP contribution >= 0.6 is 0 Å². The van der Waals surface area contributed by atoms with Crippen LogP contribution in [0.1, 0.15) is 23.7 Å². The summed E-state index contributed by atoms with van der Waals surface area (Å²) in [7, 11) is 0. The Morgan fingerprint density at radius 1 is 1.17 bits per heavy atom. The molecule has 3 rings (SSSR count). The third kappa shape index (κ3) is 3.39. The van der Waals surface area contributed by atoms with E-state index >= 15 is 0 Å². The summed E-state index contributed by atoms with van der Waals surface area (Å²) in [5.41, 5.74) is 3.03. The lowest BCUT2D eigenvalue weighted by molar-refractivity contribution is -0.140. The highest BCUT2D eigenvalue weighted by atomic mass is 16.2. The fourth-order valence-corrected chi connectivity index (χ4v) is 2.89. The van der Waals surface area contributed by atoms with Gasteiger partial charge in [0, 0.05) is 26.1 Å². The van der Waals surface area contributed by atoms with Gasteiger partial charge in [0.2, 0.25) is 11.8 Å². The molecule has 0 unspecified atom stereocenters. The average molecular weight is 309 g/mol. The zero-order valence-electron chi connectivity index (χ0n) is 13.0. The zero-order valence-corrected chi connectivity index (χ0v) is 13.0. The Morgan fingerprint density at radius 3 is 2.61 bits per heavy atom. The number of carbonyl (C=O) groups excluding carboxylic acids is 2. The summed E-state index contributed by atoms with van der Waals surface area (Å²) >= 11 is 0. The van der Waals surface area contributed by atoms with Crippen LogP contribution in [0, 0.1) is 0 Å². The molecule has 1 aromatic carbocycles. The fourth-order valence-electron chi connectivity index (χ4n) is 2.89. The Morgan fingerprint density at radius 2 is 1.91 bits per heavy atom. The third-order valence-corrected chi connectivity index (χ3v) is 4.13. The van der Waals surface area contributed by atoms with Gasteiger partial charge in [-0.25, -0.2) is 0 Å². The zero-order chi connectivity index (χ0) is 16.2. The Hall–Kier alpha value is -2.69. The molecule has 0 aliphatic carbocycles. The van der Waals surface area contributed by atoms with Gasteiger partial charge in [-0.15, -0.1) is 0 Å². The Labute approximate surface area is 135 Å². The predicted octanol–water partition coefficient (Wildman–Crippen LogP) is 1.67. The van der Waals surface area contributed by atoms with Crippen molar-refractivity contribution in [2.75, 3.05) is 0 Å². The smallest absolute Gasteiger partial charge is 0.243 e. The maximum absolute atomic E-state index is 12.6. The van der Waals surface area contributed by atoms with Gasteiger partial charge in [0.15, 0.2) is 0 Å². The quantitative estimate of drug-likeness (QED) is 0.938. The van der Waals surface area contributed by atoms with E-state index in [2.05, 4.69) is 10.3 Å². The van der Waals surface area contributed by atoms with Crippen LogP contribution in [0.2, 0.25) is 0 Å². The first-order valence-electron chi connectivity index (χ1n) is 7.67. The standard InChI is InChI=1S/C18H19N3O2/c1-13(22)21-12-15-7-3-2-6-14(15)10-17(21)18(23)20-11-16-8-4-5-9-19-16/h2-9,17H,10-12H2,1H3,(H,20,23)/t17-/m0/s1. The molecule has 5 heteroatoms. The minimum absolute atomic E-state index is 0.0857. The van der Waals surface area contributed by atoms with Crippen LogP contribution in [0.5, 0.6) is 0 Å². The first kappa shape index (κ1) is 15.2. The monoisotopic (exact) mass is 309 g/mol. The number of fused-ring (bicyclic) bond motifs is 1. The molecule has 0 saturated heterocycles. The minimum atomic E-state index is -0.467. The minimum Gasteiger partial charge on any atom is -0.349 e. The van der Waals surface area contributed by atoms with E-state index in [0.29, 0.717) is 19.5 Å². The average Bonchev–Trinajstić information content (AvgIpc) is 2.59. The molecular weight excluding hydrogens is 290 g/mol. The highest BCUT2D eigenvalue weighted by Crippen LogP contribution is 2.23. The van der Waals surface area contributed by atoms with Crippen LogP contribution in [-0.2, 0) is 29.1 Å². The van der Waals surface area contributed by atoms with Crippen LogP contribution in [0.15, 0.2) is 48.7 Å². The molecule has 0 bridgehead atoms. The van der Waals surface area contributed by atoms with Crippen LogP contribution < -0.4 is 5.32 Å². The van der Waals surface area contributed by atoms with Crippen molar-refractivity contribution >= 4 is 11.8 Å². The molecule has 23 heavy (non-hydrogen) atoms. The van der Waals surface area contributed by atoms with Crippen molar-refractivity contribution in [1.82, 2.24) is 15.2 Å². The second kappa shape index (κ2) is 6.60. The van der Waals surface area contributed by atoms with E-state index in [9.17, 15) is 9.59 Å². The number of benzene rings is 1. The molecule has 2 amide bonds. The molecule has 118 valence electrons. The van der Waals surface area contributed by atoms with Gasteiger partial charge in [0.1, 0.15) is 6.04 Å². The summed E-state index contributed by atoms with van der Waals surface area (Å²) in [6.07, 6.45) is 2.24. The molecule has 0 saturated carbocycles. The molecule has 1 atom stereocenters. The van der Waals surface area contributed by atoms with Gasteiger partial charge in [-0.05, 0) is 23.3 Å². The first-order chi connectivity index (χ1) is 11.1. The Balaban J connectivity index is 1.74. The molecular formula is C18H19N3O2. The summed E-state index contributed by atoms with van der Waals surface area (Å²) in [6.45, 7) is 2.35. The van der Waals surface area contributed by atoms with Crippen LogP contribution in [0.3, 0.4) is 0 Å². The molecule has 0 spiro atoms. The Kier molecular flexibility index (Phi) is 4.37. The first-order valence-corrected chi connectivity index (χ1v) is 7.67. The largest absolute Gasteiger partial charge is 0.349 e. The van der Waals surface area contributed by atoms with E-state index in [4.69, 9.17) is 0 Å². The van der Waals surface area contributed by atoms with Crippen LogP contribution in [0.25, 0.3) is 0 Å². The van der Waals surface area contributed by atoms with Gasteiger partial charge >= 0.3 is 0 Å². The maximum atomic E-state index is 12.6. The molecule has 1 N–H and O–H groups in total. The highest BCUT2D eigenvalue weighted by Gasteiger charge is 2.32. The second-order valence-corrected chi connectivity index (χ2v) is 5.67. The topological polar surface area (TPSA) is 62.3 Å². The van der Waals surface area contributed by atoms with E-state index in [0.717, 1.165) is 16.8 Å². The van der Waals surface area contributed by atoms with Crippen molar-refractivity contribution < 1.29 is 9.59 Å². The normalized spacial score (nSPS) is 16.6. The van der Waals surface area contributed by atoms with Crippen LogP contribution in [-0.4, -0.2) is 27.7 Å². The molecule has 2 aromatic rings. The summed E-state index contributed by atoms with van der Waals surface area (Å²) in [5.74, 6) is -0.224. The molecule has 0 fully saturated rings. The number of carbonyl (C=O) groups is 2. The number of hydrogen-bond donors (Lipinski definition) is 1. The summed E-state index contributed by atoms with van der Waals surface area (Å²) in [4.78, 5) is 30.3. The third-order valence-electron chi connectivity index (χ3n) is 4.13. The number of amides is 2. The van der Waals surface area contributed by atoms with E-state index in [-0.39, 0.29) is 11.8 Å². The van der Waals surface area contributed by atoms with Gasteiger partial charge in [0.25, 0.3) is 0 Å². The van der Waals surface area contributed by atoms with E-state index in [1.165, 1.54) is 6.92 Å². The number of aromatic nitrogens is 1. The molecule has 0 radical (unpaired) electrons. The number of nitrogens with one attached hydrogen (secondary N) is 1. The second-order valence-electron chi connectivity index (χ2n) is 5.67. The number of hydrogen-bond acceptors (Lipinski definition) is 3. The van der Waals surface area contributed by atoms with Gasteiger partial charge < -0.3 is 10.2 Å². The van der Waals surface area contributed by atoms with Crippen molar-refractivity contribution in [3.8, 4) is 0 Å². The molecule has 2 heterocycles. The van der Waals surface area contributed by atoms with Crippen molar-refractivity contribution in [2.45, 2.75) is 32.5 Å². The molecule has 5 nitrogen and oxygen atoms in total. The van der Waals surface area contributed by atoms with E-state index < -0.39 is 6.04 Å². The summed E-state index contributed by atoms with van der Waals surface area (Å²) in [5, 5.41) is 2.89. The lowest BCUT2D eigenvalue weighted by Gasteiger charge is -2.35. The van der Waals surface area contributed by atoms with Crippen molar-refractivity contribution in [2.24, 2.45) is 0 Å². The predicted molar refractivity (Wildman–Crippen MR) is 86.2 cm³/mol. The molecule has 1 aliphatic rings. The lowest BCUT2D eigenvalue weighted by atomic mass is 9.93. The van der Waals surface area contributed by atoms with Crippen molar-refractivity contribution in [3.05, 3.63) is 65.5 Å². The van der Waals surface area contributed by atoms with E-state index in [1.807, 2.05) is 42.5 Å². The Bertz CT molecular complexity index is 715. The van der Waals surface area contributed by atoms with E-state index in [1.54, 1.807) is 11.1 Å². The lowest BCUT2D eigenvalue weighted by Crippen LogP contribution is -2.51. The number of rotatable bonds is 3. The van der Waals surface area contributed by atoms with Gasteiger partial charge in [-0.3, -0.25) is 14.6 Å². The molecule has 1 aliphatic heterocycles. The molecule has 1 aromatic heterocycles. The maximum Gasteiger partial charge on any atom is 0.243 e. The van der Waals surface area contributed by atoms with Gasteiger partial charge in [-0.2, -0.15) is 0 Å².